The third-order valence-corrected chi connectivity index (χ3v) is 8.96. The number of hydrogen-bond donors (Lipinski definition) is 2. The van der Waals surface area contributed by atoms with E-state index in [9.17, 15) is 31.5 Å². The van der Waals surface area contributed by atoms with Crippen LogP contribution < -0.4 is 10.1 Å². The topological polar surface area (TPSA) is 112 Å². The average Bonchev–Trinajstić information content (AvgIpc) is 2.94. The molecule has 3 atom stereocenters. The molecule has 13 heteroatoms. The van der Waals surface area contributed by atoms with Crippen molar-refractivity contribution < 1.29 is 36.2 Å². The van der Waals surface area contributed by atoms with Gasteiger partial charge in [-0.3, -0.25) is 4.98 Å². The molecule has 9 nitrogen and oxygen atoms in total. The number of benzene rings is 2. The van der Waals surface area contributed by atoms with Gasteiger partial charge in [0.2, 0.25) is 10.0 Å². The molecule has 0 spiro atoms. The third-order valence-electron chi connectivity index (χ3n) is 6.94. The number of carbonyl (C=O) groups excluding carboxylic acids is 1. The Morgan fingerprint density at radius 1 is 1.15 bits per heavy atom. The molecule has 2 amide bonds. The summed E-state index contributed by atoms with van der Waals surface area (Å²) in [5.41, 5.74) is 0.845. The van der Waals surface area contributed by atoms with Gasteiger partial charge in [-0.2, -0.15) is 17.5 Å². The van der Waals surface area contributed by atoms with E-state index in [0.29, 0.717) is 5.56 Å². The largest absolute Gasteiger partial charge is 0.487 e. The molecule has 0 unspecified atom stereocenters. The van der Waals surface area contributed by atoms with Crippen LogP contribution in [0, 0.1) is 5.92 Å². The summed E-state index contributed by atoms with van der Waals surface area (Å²) in [5, 5.41) is 12.4. The maximum atomic E-state index is 13.7. The van der Waals surface area contributed by atoms with Crippen molar-refractivity contribution in [2.75, 3.05) is 32.1 Å². The summed E-state index contributed by atoms with van der Waals surface area (Å²) in [7, 11) is -2.54. The molecule has 1 aliphatic heterocycles. The highest BCUT2D eigenvalue weighted by Gasteiger charge is 2.38. The summed E-state index contributed by atoms with van der Waals surface area (Å²) in [6, 6.07) is 11.1. The van der Waals surface area contributed by atoms with E-state index in [1.165, 1.54) is 34.5 Å². The number of amides is 2. The van der Waals surface area contributed by atoms with Crippen molar-refractivity contribution in [3.63, 3.8) is 0 Å². The van der Waals surface area contributed by atoms with Crippen LogP contribution in [0.2, 0.25) is 0 Å². The summed E-state index contributed by atoms with van der Waals surface area (Å²) in [6.07, 6.45) is -1.94. The van der Waals surface area contributed by atoms with E-state index in [0.717, 1.165) is 17.7 Å². The Hall–Kier alpha value is -3.68. The monoisotopic (exact) mass is 592 g/mol. The van der Waals surface area contributed by atoms with Gasteiger partial charge in [-0.1, -0.05) is 13.0 Å². The molecule has 0 aliphatic carbocycles. The van der Waals surface area contributed by atoms with Crippen LogP contribution in [0.5, 0.6) is 5.75 Å². The molecule has 2 heterocycles. The summed E-state index contributed by atoms with van der Waals surface area (Å²) in [5.74, 6) is -0.319. The number of rotatable bonds is 6. The van der Waals surface area contributed by atoms with Gasteiger partial charge in [0.1, 0.15) is 16.7 Å². The molecular weight excluding hydrogens is 561 g/mol. The van der Waals surface area contributed by atoms with Gasteiger partial charge < -0.3 is 20.1 Å². The molecule has 0 bridgehead atoms. The first-order valence-corrected chi connectivity index (χ1v) is 14.3. The Bertz CT molecular complexity index is 1470. The molecule has 4 rings (SSSR count). The van der Waals surface area contributed by atoms with E-state index in [1.54, 1.807) is 50.5 Å². The number of nitrogens with zero attached hydrogens (tertiary/aromatic N) is 3. The highest BCUT2D eigenvalue weighted by atomic mass is 32.2. The summed E-state index contributed by atoms with van der Waals surface area (Å²) in [4.78, 5) is 18.2. The number of aromatic nitrogens is 1. The molecule has 2 aromatic carbocycles. The summed E-state index contributed by atoms with van der Waals surface area (Å²) >= 11 is 0. The lowest BCUT2D eigenvalue weighted by Crippen LogP contribution is -2.50. The Labute approximate surface area is 236 Å². The second-order valence-corrected chi connectivity index (χ2v) is 11.9. The second kappa shape index (κ2) is 12.0. The SMILES string of the molecule is C[C@@H]1CN([C@@H](C)CO)S(=O)(=O)c2ccc(-c3ccncc3)cc2O[C@H]1CN(C)C(=O)Nc1ccc(C(F)(F)F)cc1. The zero-order valence-corrected chi connectivity index (χ0v) is 23.5. The molecule has 0 saturated heterocycles. The van der Waals surface area contributed by atoms with E-state index in [-0.39, 0.29) is 29.4 Å². The number of alkyl halides is 3. The Kier molecular flexibility index (Phi) is 8.90. The normalized spacial score (nSPS) is 19.7. The van der Waals surface area contributed by atoms with Crippen LogP contribution in [0.1, 0.15) is 19.4 Å². The number of pyridine rings is 1. The van der Waals surface area contributed by atoms with Crippen molar-refractivity contribution in [2.45, 2.75) is 37.1 Å². The van der Waals surface area contributed by atoms with Gasteiger partial charge in [0.15, 0.2) is 0 Å². The number of carbonyl (C=O) groups is 1. The number of aliphatic hydroxyl groups excluding tert-OH is 1. The number of ether oxygens (including phenoxy) is 1. The number of sulfonamides is 1. The number of hydrogen-bond acceptors (Lipinski definition) is 6. The first-order valence-electron chi connectivity index (χ1n) is 12.8. The molecule has 2 N–H and O–H groups in total. The standard InChI is InChI=1S/C28H31F3N4O5S/c1-18-15-35(19(2)17-36)41(38,39)26-9-4-21(20-10-12-32-13-11-20)14-24(26)40-25(18)16-34(3)27(37)33-23-7-5-22(6-8-23)28(29,30)31/h4-14,18-19,25,36H,15-17H2,1-3H3,(H,33,37)/t18-,19+,25+/m1/s1. The quantitative estimate of drug-likeness (QED) is 0.429. The fraction of sp³-hybridized carbons (Fsp3) is 0.357. The lowest BCUT2D eigenvalue weighted by molar-refractivity contribution is -0.137. The zero-order chi connectivity index (χ0) is 29.9. The van der Waals surface area contributed by atoms with Crippen LogP contribution in [-0.2, 0) is 16.2 Å². The minimum absolute atomic E-state index is 0.0225. The molecule has 220 valence electrons. The van der Waals surface area contributed by atoms with Crippen molar-refractivity contribution in [3.05, 3.63) is 72.6 Å². The van der Waals surface area contributed by atoms with Gasteiger partial charge in [-0.05, 0) is 66.6 Å². The van der Waals surface area contributed by atoms with Gasteiger partial charge in [0.05, 0.1) is 18.7 Å². The van der Waals surface area contributed by atoms with Crippen LogP contribution in [0.25, 0.3) is 11.1 Å². The number of likely N-dealkylation sites (N-methyl/N-ethyl adjacent to an activating group) is 1. The first kappa shape index (κ1) is 30.3. The molecule has 0 radical (unpaired) electrons. The van der Waals surface area contributed by atoms with Gasteiger partial charge in [-0.25, -0.2) is 13.2 Å². The molecule has 0 saturated carbocycles. The van der Waals surface area contributed by atoms with E-state index < -0.39 is 52.5 Å². The fourth-order valence-electron chi connectivity index (χ4n) is 4.48. The maximum absolute atomic E-state index is 13.7. The van der Waals surface area contributed by atoms with Crippen molar-refractivity contribution >= 4 is 21.7 Å². The Morgan fingerprint density at radius 3 is 2.41 bits per heavy atom. The first-order chi connectivity index (χ1) is 19.3. The van der Waals surface area contributed by atoms with Gasteiger partial charge >= 0.3 is 12.2 Å². The highest BCUT2D eigenvalue weighted by Crippen LogP contribution is 2.36. The highest BCUT2D eigenvalue weighted by molar-refractivity contribution is 7.89. The zero-order valence-electron chi connectivity index (χ0n) is 22.7. The minimum atomic E-state index is -4.49. The van der Waals surface area contributed by atoms with Crippen LogP contribution in [0.15, 0.2) is 71.9 Å². The number of fused-ring (bicyclic) bond motifs is 1. The number of anilines is 1. The van der Waals surface area contributed by atoms with Crippen molar-refractivity contribution in [2.24, 2.45) is 5.92 Å². The van der Waals surface area contributed by atoms with Crippen molar-refractivity contribution in [1.29, 1.82) is 0 Å². The lowest BCUT2D eigenvalue weighted by atomic mass is 10.0. The number of aliphatic hydroxyl groups is 1. The predicted octanol–water partition coefficient (Wildman–Crippen LogP) is 4.70. The number of urea groups is 1. The minimum Gasteiger partial charge on any atom is -0.487 e. The molecule has 1 aromatic heterocycles. The van der Waals surface area contributed by atoms with E-state index in [1.807, 2.05) is 0 Å². The predicted molar refractivity (Wildman–Crippen MR) is 147 cm³/mol. The Morgan fingerprint density at radius 2 is 1.80 bits per heavy atom. The number of halogens is 3. The molecule has 1 aliphatic rings. The van der Waals surface area contributed by atoms with Crippen molar-refractivity contribution in [3.8, 4) is 16.9 Å². The van der Waals surface area contributed by atoms with Crippen LogP contribution >= 0.6 is 0 Å². The van der Waals surface area contributed by atoms with Gasteiger partial charge in [0, 0.05) is 43.6 Å². The van der Waals surface area contributed by atoms with E-state index >= 15 is 0 Å². The molecular formula is C28H31F3N4O5S. The molecule has 0 fully saturated rings. The third kappa shape index (κ3) is 6.80. The summed E-state index contributed by atoms with van der Waals surface area (Å²) < 4.78 is 73.5. The smallest absolute Gasteiger partial charge is 0.416 e. The van der Waals surface area contributed by atoms with Crippen LogP contribution in [0.4, 0.5) is 23.7 Å². The number of nitrogens with one attached hydrogen (secondary N) is 1. The summed E-state index contributed by atoms with van der Waals surface area (Å²) in [6.45, 7) is 3.06. The second-order valence-electron chi connectivity index (χ2n) is 10.0. The maximum Gasteiger partial charge on any atom is 0.416 e. The molecule has 3 aromatic rings. The van der Waals surface area contributed by atoms with E-state index in [2.05, 4.69) is 10.3 Å². The Balaban J connectivity index is 1.63. The van der Waals surface area contributed by atoms with Gasteiger partial charge in [0.25, 0.3) is 0 Å². The van der Waals surface area contributed by atoms with Crippen molar-refractivity contribution in [1.82, 2.24) is 14.2 Å². The average molecular weight is 593 g/mol. The van der Waals surface area contributed by atoms with Crippen LogP contribution in [-0.4, -0.2) is 72.6 Å². The molecule has 41 heavy (non-hydrogen) atoms. The van der Waals surface area contributed by atoms with Gasteiger partial charge in [-0.15, -0.1) is 0 Å². The fourth-order valence-corrected chi connectivity index (χ4v) is 6.31. The van der Waals surface area contributed by atoms with Crippen LogP contribution in [0.3, 0.4) is 0 Å². The lowest BCUT2D eigenvalue weighted by Gasteiger charge is -2.37. The van der Waals surface area contributed by atoms with E-state index in [4.69, 9.17) is 4.74 Å².